The lowest BCUT2D eigenvalue weighted by atomic mass is 9.95. The number of carbonyl (C=O) groups excluding carboxylic acids is 1. The largest absolute Gasteiger partial charge is 0.481 e. The van der Waals surface area contributed by atoms with Gasteiger partial charge in [-0.15, -0.1) is 0 Å². The summed E-state index contributed by atoms with van der Waals surface area (Å²) in [7, 11) is 0. The van der Waals surface area contributed by atoms with Crippen LogP contribution in [0.3, 0.4) is 0 Å². The number of piperidine rings is 1. The van der Waals surface area contributed by atoms with Crippen LogP contribution < -0.4 is 10.6 Å². The van der Waals surface area contributed by atoms with E-state index in [-0.39, 0.29) is 24.8 Å². The van der Waals surface area contributed by atoms with E-state index >= 15 is 0 Å². The molecule has 28 heavy (non-hydrogen) atoms. The van der Waals surface area contributed by atoms with E-state index in [1.165, 1.54) is 35.7 Å². The maximum atomic E-state index is 12.3. The molecule has 0 aliphatic carbocycles. The van der Waals surface area contributed by atoms with E-state index in [2.05, 4.69) is 39.6 Å². The fourth-order valence-electron chi connectivity index (χ4n) is 4.05. The summed E-state index contributed by atoms with van der Waals surface area (Å²) in [6.45, 7) is 5.33. The average Bonchev–Trinajstić information content (AvgIpc) is 3.04. The molecule has 6 nitrogen and oxygen atoms in total. The van der Waals surface area contributed by atoms with Crippen molar-refractivity contribution in [2.45, 2.75) is 45.6 Å². The molecule has 1 atom stereocenters. The first-order valence-corrected chi connectivity index (χ1v) is 10.3. The van der Waals surface area contributed by atoms with Crippen LogP contribution in [0.15, 0.2) is 30.5 Å². The number of fused-ring (bicyclic) bond motifs is 1. The van der Waals surface area contributed by atoms with Crippen molar-refractivity contribution in [1.29, 1.82) is 0 Å². The summed E-state index contributed by atoms with van der Waals surface area (Å²) >= 11 is 0. The van der Waals surface area contributed by atoms with Gasteiger partial charge in [0.15, 0.2) is 0 Å². The van der Waals surface area contributed by atoms with E-state index in [9.17, 15) is 9.59 Å². The van der Waals surface area contributed by atoms with Gasteiger partial charge < -0.3 is 20.3 Å². The molecule has 0 radical (unpaired) electrons. The maximum absolute atomic E-state index is 12.3. The number of hydrogen-bond acceptors (Lipinski definition) is 3. The monoisotopic (exact) mass is 385 g/mol. The Balaban J connectivity index is 1.65. The number of nitrogens with zero attached hydrogens (tertiary/aromatic N) is 1. The Morgan fingerprint density at radius 2 is 2.04 bits per heavy atom. The second-order valence-corrected chi connectivity index (χ2v) is 7.89. The predicted octanol–water partition coefficient (Wildman–Crippen LogP) is 2.80. The van der Waals surface area contributed by atoms with Gasteiger partial charge in [0, 0.05) is 36.1 Å². The van der Waals surface area contributed by atoms with Gasteiger partial charge in [-0.2, -0.15) is 0 Å². The topological polar surface area (TPSA) is 83.4 Å². The fraction of sp³-hybridized carbons (Fsp3) is 0.545. The number of hydrogen-bond donors (Lipinski definition) is 3. The Morgan fingerprint density at radius 3 is 2.79 bits per heavy atom. The van der Waals surface area contributed by atoms with Crippen LogP contribution in [-0.4, -0.2) is 41.2 Å². The van der Waals surface area contributed by atoms with Crippen molar-refractivity contribution in [3.63, 3.8) is 0 Å². The van der Waals surface area contributed by atoms with E-state index in [1.54, 1.807) is 0 Å². The summed E-state index contributed by atoms with van der Waals surface area (Å²) in [6, 6.07) is 8.38. The first kappa shape index (κ1) is 20.4. The molecular weight excluding hydrogens is 354 g/mol. The molecule has 0 saturated carbocycles. The van der Waals surface area contributed by atoms with E-state index in [0.29, 0.717) is 6.42 Å². The molecule has 152 valence electrons. The zero-order valence-electron chi connectivity index (χ0n) is 16.6. The number of carbonyl (C=O) groups is 2. The van der Waals surface area contributed by atoms with Gasteiger partial charge >= 0.3 is 5.97 Å². The van der Waals surface area contributed by atoms with E-state index in [0.717, 1.165) is 25.6 Å². The van der Waals surface area contributed by atoms with Gasteiger partial charge in [-0.3, -0.25) is 9.59 Å². The molecule has 0 bridgehead atoms. The highest BCUT2D eigenvalue weighted by Gasteiger charge is 2.18. The molecule has 1 aliphatic heterocycles. The molecule has 3 rings (SSSR count). The summed E-state index contributed by atoms with van der Waals surface area (Å²) in [5.74, 6) is -0.403. The molecular formula is C22H31N3O3. The molecule has 1 fully saturated rings. The minimum atomic E-state index is -0.898. The molecule has 1 aliphatic rings. The number of carboxylic acid groups (broad SMARTS) is 1. The van der Waals surface area contributed by atoms with Gasteiger partial charge in [0.2, 0.25) is 5.91 Å². The van der Waals surface area contributed by atoms with Crippen molar-refractivity contribution < 1.29 is 14.7 Å². The number of rotatable bonds is 9. The predicted molar refractivity (Wildman–Crippen MR) is 110 cm³/mol. The van der Waals surface area contributed by atoms with Crippen molar-refractivity contribution in [1.82, 2.24) is 15.2 Å². The Hall–Kier alpha value is -2.34. The zero-order chi connectivity index (χ0) is 19.9. The van der Waals surface area contributed by atoms with Gasteiger partial charge in [-0.25, -0.2) is 0 Å². The normalized spacial score (nSPS) is 16.2. The highest BCUT2D eigenvalue weighted by molar-refractivity contribution is 5.85. The second kappa shape index (κ2) is 9.73. The SMILES string of the molecule is CC(Cc1cn(CCC2CCNCC2)c2ccccc12)C(=O)NCCC(=O)O. The van der Waals surface area contributed by atoms with Crippen molar-refractivity contribution in [3.05, 3.63) is 36.0 Å². The van der Waals surface area contributed by atoms with Crippen LogP contribution in [-0.2, 0) is 22.6 Å². The van der Waals surface area contributed by atoms with Gasteiger partial charge in [0.1, 0.15) is 0 Å². The molecule has 6 heteroatoms. The second-order valence-electron chi connectivity index (χ2n) is 7.89. The molecule has 1 unspecified atom stereocenters. The van der Waals surface area contributed by atoms with Gasteiger partial charge in [0.25, 0.3) is 0 Å². The highest BCUT2D eigenvalue weighted by atomic mass is 16.4. The fourth-order valence-corrected chi connectivity index (χ4v) is 4.05. The third-order valence-electron chi connectivity index (χ3n) is 5.72. The van der Waals surface area contributed by atoms with Crippen molar-refractivity contribution in [2.24, 2.45) is 11.8 Å². The summed E-state index contributed by atoms with van der Waals surface area (Å²) in [5.41, 5.74) is 2.41. The number of nitrogens with one attached hydrogen (secondary N) is 2. The number of aryl methyl sites for hydroxylation is 1. The molecule has 1 saturated heterocycles. The number of aliphatic carboxylic acids is 1. The molecule has 1 amide bonds. The van der Waals surface area contributed by atoms with Crippen LogP contribution in [0.25, 0.3) is 10.9 Å². The summed E-state index contributed by atoms with van der Waals surface area (Å²) in [5, 5.41) is 16.1. The van der Waals surface area contributed by atoms with Crippen LogP contribution in [0.1, 0.15) is 38.2 Å². The molecule has 1 aromatic heterocycles. The van der Waals surface area contributed by atoms with Crippen molar-refractivity contribution in [2.75, 3.05) is 19.6 Å². The number of para-hydroxylation sites is 1. The summed E-state index contributed by atoms with van der Waals surface area (Å²) < 4.78 is 2.34. The molecule has 3 N–H and O–H groups in total. The Bertz CT molecular complexity index is 808. The lowest BCUT2D eigenvalue weighted by Gasteiger charge is -2.22. The van der Waals surface area contributed by atoms with E-state index in [1.807, 2.05) is 13.0 Å². The van der Waals surface area contributed by atoms with E-state index in [4.69, 9.17) is 5.11 Å². The lowest BCUT2D eigenvalue weighted by Crippen LogP contribution is -2.31. The van der Waals surface area contributed by atoms with Crippen molar-refractivity contribution >= 4 is 22.8 Å². The van der Waals surface area contributed by atoms with Crippen molar-refractivity contribution in [3.8, 4) is 0 Å². The first-order valence-electron chi connectivity index (χ1n) is 10.3. The summed E-state index contributed by atoms with van der Waals surface area (Å²) in [4.78, 5) is 22.9. The van der Waals surface area contributed by atoms with E-state index < -0.39 is 5.97 Å². The standard InChI is InChI=1S/C22H31N3O3/c1-16(22(28)24-12-8-21(26)27)14-18-15-25(20-5-3-2-4-19(18)20)13-9-17-6-10-23-11-7-17/h2-5,15-17,23H,6-14H2,1H3,(H,24,28)(H,26,27). The number of carboxylic acids is 1. The van der Waals surface area contributed by atoms with Crippen LogP contribution in [0.5, 0.6) is 0 Å². The van der Waals surface area contributed by atoms with Crippen LogP contribution in [0.4, 0.5) is 0 Å². The zero-order valence-corrected chi connectivity index (χ0v) is 16.6. The Morgan fingerprint density at radius 1 is 1.29 bits per heavy atom. The quantitative estimate of drug-likeness (QED) is 0.620. The number of benzene rings is 1. The highest BCUT2D eigenvalue weighted by Crippen LogP contribution is 2.26. The minimum Gasteiger partial charge on any atom is -0.481 e. The molecule has 0 spiro atoms. The third kappa shape index (κ3) is 5.35. The Labute approximate surface area is 166 Å². The maximum Gasteiger partial charge on any atom is 0.305 e. The smallest absolute Gasteiger partial charge is 0.305 e. The van der Waals surface area contributed by atoms with Crippen LogP contribution in [0, 0.1) is 11.8 Å². The van der Waals surface area contributed by atoms with Gasteiger partial charge in [0.05, 0.1) is 6.42 Å². The van der Waals surface area contributed by atoms with Gasteiger partial charge in [-0.1, -0.05) is 25.1 Å². The van der Waals surface area contributed by atoms with Crippen LogP contribution in [0.2, 0.25) is 0 Å². The number of aromatic nitrogens is 1. The summed E-state index contributed by atoms with van der Waals surface area (Å²) in [6.07, 6.45) is 6.49. The molecule has 2 heterocycles. The average molecular weight is 386 g/mol. The third-order valence-corrected chi connectivity index (χ3v) is 5.72. The number of amides is 1. The Kier molecular flexibility index (Phi) is 7.09. The first-order chi connectivity index (χ1) is 13.5. The minimum absolute atomic E-state index is 0.0472. The molecule has 2 aromatic rings. The van der Waals surface area contributed by atoms with Gasteiger partial charge in [-0.05, 0) is 56.3 Å². The van der Waals surface area contributed by atoms with Crippen LogP contribution >= 0.6 is 0 Å². The lowest BCUT2D eigenvalue weighted by molar-refractivity contribution is -0.137. The molecule has 1 aromatic carbocycles.